The van der Waals surface area contributed by atoms with E-state index in [0.717, 1.165) is 27.4 Å². The van der Waals surface area contributed by atoms with E-state index < -0.39 is 0 Å². The summed E-state index contributed by atoms with van der Waals surface area (Å²) < 4.78 is 5.40. The lowest BCUT2D eigenvalue weighted by molar-refractivity contribution is 0.418. The Labute approximate surface area is 127 Å². The third-order valence-corrected chi connectivity index (χ3v) is 4.58. The molecular formula is C16H17N3OS. The van der Waals surface area contributed by atoms with Crippen molar-refractivity contribution >= 4 is 17.2 Å². The lowest BCUT2D eigenvalue weighted by Crippen LogP contribution is -1.90. The summed E-state index contributed by atoms with van der Waals surface area (Å²) in [6.07, 6.45) is 0. The summed E-state index contributed by atoms with van der Waals surface area (Å²) in [6.45, 7) is 4.20. The molecule has 0 aliphatic heterocycles. The Hall–Kier alpha value is -2.27. The molecule has 0 aliphatic carbocycles. The smallest absolute Gasteiger partial charge is 0.153 e. The highest BCUT2D eigenvalue weighted by Gasteiger charge is 2.19. The number of nitrogen functional groups attached to an aromatic ring is 1. The van der Waals surface area contributed by atoms with Gasteiger partial charge in [-0.1, -0.05) is 18.2 Å². The number of aromatic amines is 1. The molecule has 2 heterocycles. The number of H-pyrrole nitrogens is 1. The number of benzene rings is 1. The van der Waals surface area contributed by atoms with E-state index >= 15 is 0 Å². The van der Waals surface area contributed by atoms with E-state index in [2.05, 4.69) is 42.2 Å². The van der Waals surface area contributed by atoms with Crippen LogP contribution in [0.2, 0.25) is 0 Å². The molecule has 0 saturated heterocycles. The Kier molecular flexibility index (Phi) is 3.43. The molecule has 0 amide bonds. The number of nitrogens with one attached hydrogen (secondary N) is 1. The molecule has 0 fully saturated rings. The largest absolute Gasteiger partial charge is 0.495 e. The first kappa shape index (κ1) is 13.7. The average Bonchev–Trinajstić information content (AvgIpc) is 3.07. The fourth-order valence-corrected chi connectivity index (χ4v) is 3.21. The summed E-state index contributed by atoms with van der Waals surface area (Å²) in [4.78, 5) is 1.01. The first-order valence-electron chi connectivity index (χ1n) is 6.65. The van der Waals surface area contributed by atoms with Crippen LogP contribution >= 0.6 is 11.3 Å². The number of aryl methyl sites for hydroxylation is 2. The first-order chi connectivity index (χ1) is 10.1. The molecule has 108 valence electrons. The molecule has 3 aromatic rings. The minimum Gasteiger partial charge on any atom is -0.495 e. The molecule has 2 aromatic heterocycles. The molecule has 0 bridgehead atoms. The topological polar surface area (TPSA) is 63.9 Å². The maximum atomic E-state index is 6.08. The van der Waals surface area contributed by atoms with Gasteiger partial charge in [-0.3, -0.25) is 5.10 Å². The molecule has 0 aliphatic rings. The number of rotatable bonds is 3. The van der Waals surface area contributed by atoms with Crippen molar-refractivity contribution in [2.45, 2.75) is 13.8 Å². The van der Waals surface area contributed by atoms with Gasteiger partial charge in [0.2, 0.25) is 0 Å². The molecule has 21 heavy (non-hydrogen) atoms. The molecule has 5 heteroatoms. The van der Waals surface area contributed by atoms with Crippen molar-refractivity contribution < 1.29 is 4.74 Å². The van der Waals surface area contributed by atoms with Gasteiger partial charge in [-0.15, -0.1) is 11.3 Å². The van der Waals surface area contributed by atoms with Crippen LogP contribution in [-0.2, 0) is 0 Å². The van der Waals surface area contributed by atoms with Crippen molar-refractivity contribution in [3.05, 3.63) is 40.8 Å². The number of aromatic nitrogens is 2. The SMILES string of the molecule is COc1ccsc1-c1[nH]nc(N)c1-c1ccc(C)c(C)c1. The normalized spacial score (nSPS) is 10.8. The van der Waals surface area contributed by atoms with Gasteiger partial charge in [0, 0.05) is 0 Å². The number of thiophene rings is 1. The first-order valence-corrected chi connectivity index (χ1v) is 7.53. The van der Waals surface area contributed by atoms with E-state index in [1.54, 1.807) is 18.4 Å². The molecular weight excluding hydrogens is 282 g/mol. The molecule has 3 rings (SSSR count). The number of anilines is 1. The fraction of sp³-hybridized carbons (Fsp3) is 0.188. The van der Waals surface area contributed by atoms with Gasteiger partial charge in [0.1, 0.15) is 5.75 Å². The van der Waals surface area contributed by atoms with Crippen LogP contribution in [0.4, 0.5) is 5.82 Å². The lowest BCUT2D eigenvalue weighted by atomic mass is 9.99. The van der Waals surface area contributed by atoms with Crippen LogP contribution in [-0.4, -0.2) is 17.3 Å². The van der Waals surface area contributed by atoms with Crippen LogP contribution in [0.5, 0.6) is 5.75 Å². The van der Waals surface area contributed by atoms with Crippen molar-refractivity contribution in [3.8, 4) is 27.4 Å². The van der Waals surface area contributed by atoms with Crippen molar-refractivity contribution in [1.82, 2.24) is 10.2 Å². The second kappa shape index (κ2) is 5.26. The molecule has 0 spiro atoms. The number of ether oxygens (including phenoxy) is 1. The van der Waals surface area contributed by atoms with Gasteiger partial charge in [-0.25, -0.2) is 0 Å². The van der Waals surface area contributed by atoms with Crippen molar-refractivity contribution in [2.75, 3.05) is 12.8 Å². The van der Waals surface area contributed by atoms with Gasteiger partial charge in [0.25, 0.3) is 0 Å². The van der Waals surface area contributed by atoms with Gasteiger partial charge < -0.3 is 10.5 Å². The van der Waals surface area contributed by atoms with Crippen LogP contribution in [0.1, 0.15) is 11.1 Å². The highest BCUT2D eigenvalue weighted by atomic mass is 32.1. The van der Waals surface area contributed by atoms with Crippen LogP contribution in [0.3, 0.4) is 0 Å². The Balaban J connectivity index is 2.19. The predicted molar refractivity (Wildman–Crippen MR) is 87.8 cm³/mol. The zero-order chi connectivity index (χ0) is 15.0. The minimum atomic E-state index is 0.503. The van der Waals surface area contributed by atoms with E-state index in [-0.39, 0.29) is 0 Å². The highest BCUT2D eigenvalue weighted by molar-refractivity contribution is 7.14. The molecule has 3 N–H and O–H groups in total. The van der Waals surface area contributed by atoms with Crippen LogP contribution in [0.15, 0.2) is 29.6 Å². The van der Waals surface area contributed by atoms with Gasteiger partial charge in [0.05, 0.1) is 23.2 Å². The number of nitrogens with two attached hydrogens (primary N) is 1. The summed E-state index contributed by atoms with van der Waals surface area (Å²) in [5.74, 6) is 1.33. The highest BCUT2D eigenvalue weighted by Crippen LogP contribution is 2.42. The molecule has 0 atom stereocenters. The van der Waals surface area contributed by atoms with E-state index in [0.29, 0.717) is 5.82 Å². The summed E-state index contributed by atoms with van der Waals surface area (Å²) >= 11 is 1.60. The van der Waals surface area contributed by atoms with Gasteiger partial charge >= 0.3 is 0 Å². The average molecular weight is 299 g/mol. The standard InChI is InChI=1S/C16H17N3OS/c1-9-4-5-11(8-10(9)2)13-14(18-19-16(13)17)15-12(20-3)6-7-21-15/h4-8H,1-3H3,(H3,17,18,19). The monoisotopic (exact) mass is 299 g/mol. The lowest BCUT2D eigenvalue weighted by Gasteiger charge is -2.07. The van der Waals surface area contributed by atoms with E-state index in [4.69, 9.17) is 10.5 Å². The van der Waals surface area contributed by atoms with E-state index in [9.17, 15) is 0 Å². The number of nitrogens with zero attached hydrogens (tertiary/aromatic N) is 1. The summed E-state index contributed by atoms with van der Waals surface area (Å²) in [5.41, 5.74) is 11.5. The second-order valence-electron chi connectivity index (χ2n) is 4.98. The van der Waals surface area contributed by atoms with E-state index in [1.165, 1.54) is 11.1 Å². The number of methoxy groups -OCH3 is 1. The third-order valence-electron chi connectivity index (χ3n) is 3.67. The Morgan fingerprint density at radius 3 is 2.71 bits per heavy atom. The molecule has 0 unspecified atom stereocenters. The predicted octanol–water partition coefficient (Wildman–Crippen LogP) is 4.01. The summed E-state index contributed by atoms with van der Waals surface area (Å²) in [6, 6.07) is 8.26. The van der Waals surface area contributed by atoms with Crippen LogP contribution in [0.25, 0.3) is 21.7 Å². The summed E-state index contributed by atoms with van der Waals surface area (Å²) in [5, 5.41) is 9.21. The molecule has 1 aromatic carbocycles. The number of hydrogen-bond donors (Lipinski definition) is 2. The van der Waals surface area contributed by atoms with Crippen molar-refractivity contribution in [2.24, 2.45) is 0 Å². The maximum absolute atomic E-state index is 6.08. The van der Waals surface area contributed by atoms with E-state index in [1.807, 2.05) is 11.4 Å². The van der Waals surface area contributed by atoms with Gasteiger partial charge in [-0.2, -0.15) is 5.10 Å². The molecule has 0 radical (unpaired) electrons. The quantitative estimate of drug-likeness (QED) is 0.768. The minimum absolute atomic E-state index is 0.503. The van der Waals surface area contributed by atoms with Crippen LogP contribution in [0, 0.1) is 13.8 Å². The fourth-order valence-electron chi connectivity index (χ4n) is 2.35. The van der Waals surface area contributed by atoms with Crippen molar-refractivity contribution in [3.63, 3.8) is 0 Å². The second-order valence-corrected chi connectivity index (χ2v) is 5.89. The zero-order valence-electron chi connectivity index (χ0n) is 12.2. The van der Waals surface area contributed by atoms with Gasteiger partial charge in [0.15, 0.2) is 5.82 Å². The zero-order valence-corrected chi connectivity index (χ0v) is 13.0. The molecule has 0 saturated carbocycles. The Morgan fingerprint density at radius 2 is 2.00 bits per heavy atom. The summed E-state index contributed by atoms with van der Waals surface area (Å²) in [7, 11) is 1.67. The maximum Gasteiger partial charge on any atom is 0.153 e. The Morgan fingerprint density at radius 1 is 1.19 bits per heavy atom. The van der Waals surface area contributed by atoms with Gasteiger partial charge in [-0.05, 0) is 42.0 Å². The molecule has 4 nitrogen and oxygen atoms in total. The van der Waals surface area contributed by atoms with Crippen molar-refractivity contribution in [1.29, 1.82) is 0 Å². The number of hydrogen-bond acceptors (Lipinski definition) is 4. The third kappa shape index (κ3) is 2.29. The Bertz CT molecular complexity index is 789. The van der Waals surface area contributed by atoms with Crippen LogP contribution < -0.4 is 10.5 Å².